The average molecular weight is 349 g/mol. The Kier molecular flexibility index (Phi) is 4.55. The highest BCUT2D eigenvalue weighted by Gasteiger charge is 2.14. The summed E-state index contributed by atoms with van der Waals surface area (Å²) in [5.41, 5.74) is 1.36. The molecule has 0 aliphatic rings. The van der Waals surface area contributed by atoms with E-state index >= 15 is 0 Å². The summed E-state index contributed by atoms with van der Waals surface area (Å²) in [7, 11) is 0. The van der Waals surface area contributed by atoms with Crippen LogP contribution in [0.5, 0.6) is 0 Å². The summed E-state index contributed by atoms with van der Waals surface area (Å²) in [5.74, 6) is -0.325. The Morgan fingerprint density at radius 2 is 1.96 bits per heavy atom. The summed E-state index contributed by atoms with van der Waals surface area (Å²) < 4.78 is 1.75. The minimum absolute atomic E-state index is 0.00131. The average Bonchev–Trinajstić information content (AvgIpc) is 3.31. The molecule has 25 heavy (non-hydrogen) atoms. The van der Waals surface area contributed by atoms with E-state index in [0.29, 0.717) is 16.3 Å². The first kappa shape index (κ1) is 16.4. The van der Waals surface area contributed by atoms with E-state index in [1.54, 1.807) is 52.5 Å². The Balaban J connectivity index is 1.97. The number of nitro groups is 1. The van der Waals surface area contributed by atoms with Gasteiger partial charge in [-0.2, -0.15) is 5.26 Å². The Morgan fingerprint density at radius 1 is 1.20 bits per heavy atom. The van der Waals surface area contributed by atoms with Crippen molar-refractivity contribution >= 4 is 28.9 Å². The lowest BCUT2D eigenvalue weighted by Gasteiger charge is -2.06. The summed E-state index contributed by atoms with van der Waals surface area (Å²) in [5, 5.41) is 21.9. The van der Waals surface area contributed by atoms with Crippen molar-refractivity contribution < 1.29 is 9.72 Å². The van der Waals surface area contributed by atoms with Crippen molar-refractivity contribution in [3.05, 3.63) is 86.4 Å². The Hall–Kier alpha value is -3.50. The molecular formula is C18H11N3O3S. The number of rotatable bonds is 5. The highest BCUT2D eigenvalue weighted by molar-refractivity contribution is 7.12. The molecule has 0 unspecified atom stereocenters. The third-order valence-corrected chi connectivity index (χ3v) is 4.39. The predicted octanol–water partition coefficient (Wildman–Crippen LogP) is 4.24. The summed E-state index contributed by atoms with van der Waals surface area (Å²) in [6.45, 7) is 0. The molecule has 3 rings (SSSR count). The quantitative estimate of drug-likeness (QED) is 0.227. The number of Topliss-reactive ketones (excluding diaryl/α,β-unsaturated/α-hetero) is 1. The van der Waals surface area contributed by atoms with Crippen LogP contribution in [-0.2, 0) is 0 Å². The number of hydrogen-bond donors (Lipinski definition) is 0. The van der Waals surface area contributed by atoms with Crippen LogP contribution in [0.1, 0.15) is 15.4 Å². The van der Waals surface area contributed by atoms with Gasteiger partial charge in [0.2, 0.25) is 5.78 Å². The van der Waals surface area contributed by atoms with Crippen molar-refractivity contribution in [3.63, 3.8) is 0 Å². The van der Waals surface area contributed by atoms with E-state index in [2.05, 4.69) is 0 Å². The number of thiophene rings is 1. The minimum atomic E-state index is -0.465. The smallest absolute Gasteiger partial charge is 0.269 e. The van der Waals surface area contributed by atoms with E-state index in [1.165, 1.54) is 29.5 Å². The van der Waals surface area contributed by atoms with Crippen molar-refractivity contribution in [1.82, 2.24) is 4.57 Å². The van der Waals surface area contributed by atoms with Crippen LogP contribution < -0.4 is 0 Å². The van der Waals surface area contributed by atoms with E-state index in [1.807, 2.05) is 6.07 Å². The zero-order valence-corrected chi connectivity index (χ0v) is 13.6. The number of allylic oxidation sites excluding steroid dienone is 1. The highest BCUT2D eigenvalue weighted by Crippen LogP contribution is 2.21. The topological polar surface area (TPSA) is 88.9 Å². The van der Waals surface area contributed by atoms with Gasteiger partial charge in [-0.3, -0.25) is 14.9 Å². The van der Waals surface area contributed by atoms with Gasteiger partial charge in [0, 0.05) is 29.7 Å². The molecule has 0 aliphatic heterocycles. The van der Waals surface area contributed by atoms with Crippen LogP contribution in [0.4, 0.5) is 5.69 Å². The molecule has 0 aliphatic carbocycles. The first-order valence-electron chi connectivity index (χ1n) is 7.22. The van der Waals surface area contributed by atoms with E-state index in [4.69, 9.17) is 0 Å². The maximum atomic E-state index is 12.4. The minimum Gasteiger partial charge on any atom is -0.317 e. The first-order chi connectivity index (χ1) is 12.1. The molecule has 3 aromatic rings. The molecule has 1 aromatic carbocycles. The third kappa shape index (κ3) is 3.39. The number of nitrogens with zero attached hydrogens (tertiary/aromatic N) is 3. The molecular weight excluding hydrogens is 338 g/mol. The van der Waals surface area contributed by atoms with Crippen molar-refractivity contribution in [1.29, 1.82) is 5.26 Å². The number of nitro benzene ring substituents is 1. The molecule has 0 saturated carbocycles. The van der Waals surface area contributed by atoms with Crippen molar-refractivity contribution in [2.24, 2.45) is 0 Å². The molecule has 2 aromatic heterocycles. The Labute approximate surface area is 147 Å². The summed E-state index contributed by atoms with van der Waals surface area (Å²) in [4.78, 5) is 23.2. The van der Waals surface area contributed by atoms with Gasteiger partial charge in [0.05, 0.1) is 9.80 Å². The largest absolute Gasteiger partial charge is 0.317 e. The molecule has 0 saturated heterocycles. The molecule has 0 radical (unpaired) electrons. The Morgan fingerprint density at radius 3 is 2.56 bits per heavy atom. The van der Waals surface area contributed by atoms with E-state index in [-0.39, 0.29) is 17.0 Å². The highest BCUT2D eigenvalue weighted by atomic mass is 32.1. The van der Waals surface area contributed by atoms with Crippen LogP contribution in [0.25, 0.3) is 11.8 Å². The lowest BCUT2D eigenvalue weighted by atomic mass is 10.1. The van der Waals surface area contributed by atoms with Crippen molar-refractivity contribution in [3.8, 4) is 11.8 Å². The molecule has 0 N–H and O–H groups in total. The normalized spacial score (nSPS) is 11.1. The number of hydrogen-bond acceptors (Lipinski definition) is 5. The maximum absolute atomic E-state index is 12.4. The van der Waals surface area contributed by atoms with Crippen molar-refractivity contribution in [2.45, 2.75) is 0 Å². The van der Waals surface area contributed by atoms with Crippen LogP contribution in [-0.4, -0.2) is 15.3 Å². The number of benzene rings is 1. The second-order valence-corrected chi connectivity index (χ2v) is 6.00. The van der Waals surface area contributed by atoms with Crippen LogP contribution in [0.15, 0.2) is 65.7 Å². The van der Waals surface area contributed by atoms with Gasteiger partial charge in [0.1, 0.15) is 11.6 Å². The van der Waals surface area contributed by atoms with Gasteiger partial charge in [0.15, 0.2) is 0 Å². The van der Waals surface area contributed by atoms with Gasteiger partial charge >= 0.3 is 0 Å². The van der Waals surface area contributed by atoms with Crippen LogP contribution in [0.3, 0.4) is 0 Å². The zero-order chi connectivity index (χ0) is 17.8. The number of nitriles is 1. The fourth-order valence-electron chi connectivity index (χ4n) is 2.32. The SMILES string of the molecule is N#C/C(=C\c1cccn1-c1ccc([N+](=O)[O-])cc1)C(=O)c1cccs1. The summed E-state index contributed by atoms with van der Waals surface area (Å²) >= 11 is 1.28. The predicted molar refractivity (Wildman–Crippen MR) is 94.7 cm³/mol. The van der Waals surface area contributed by atoms with Gasteiger partial charge in [-0.1, -0.05) is 6.07 Å². The zero-order valence-electron chi connectivity index (χ0n) is 12.8. The van der Waals surface area contributed by atoms with Crippen molar-refractivity contribution in [2.75, 3.05) is 0 Å². The molecule has 2 heterocycles. The Bertz CT molecular complexity index is 993. The second kappa shape index (κ2) is 6.95. The second-order valence-electron chi connectivity index (χ2n) is 5.05. The van der Waals surface area contributed by atoms with Gasteiger partial charge in [-0.15, -0.1) is 11.3 Å². The molecule has 0 amide bonds. The van der Waals surface area contributed by atoms with Gasteiger partial charge < -0.3 is 4.57 Å². The number of carbonyl (C=O) groups is 1. The summed E-state index contributed by atoms with van der Waals surface area (Å²) in [6, 6.07) is 15.0. The molecule has 122 valence electrons. The molecule has 7 heteroatoms. The number of aromatic nitrogens is 1. The molecule has 0 bridgehead atoms. The molecule has 0 spiro atoms. The number of ketones is 1. The number of carbonyl (C=O) groups excluding carboxylic acids is 1. The first-order valence-corrected chi connectivity index (χ1v) is 8.10. The maximum Gasteiger partial charge on any atom is 0.269 e. The van der Waals surface area contributed by atoms with Crippen LogP contribution in [0, 0.1) is 21.4 Å². The lowest BCUT2D eigenvalue weighted by molar-refractivity contribution is -0.384. The molecule has 0 fully saturated rings. The fourth-order valence-corrected chi connectivity index (χ4v) is 3.00. The van der Waals surface area contributed by atoms with Gasteiger partial charge in [0.25, 0.3) is 5.69 Å². The van der Waals surface area contributed by atoms with E-state index < -0.39 is 4.92 Å². The van der Waals surface area contributed by atoms with Crippen LogP contribution in [0.2, 0.25) is 0 Å². The monoisotopic (exact) mass is 349 g/mol. The lowest BCUT2D eigenvalue weighted by Crippen LogP contribution is -2.01. The standard InChI is InChI=1S/C18H11N3O3S/c19-12-13(18(22)17-4-2-10-25-17)11-16-3-1-9-20(16)14-5-7-15(8-6-14)21(23)24/h1-11H/b13-11+. The molecule has 6 nitrogen and oxygen atoms in total. The van der Waals surface area contributed by atoms with Gasteiger partial charge in [-0.05, 0) is 41.8 Å². The van der Waals surface area contributed by atoms with E-state index in [0.717, 1.165) is 0 Å². The fraction of sp³-hybridized carbons (Fsp3) is 0. The number of non-ortho nitro benzene ring substituents is 1. The third-order valence-electron chi connectivity index (χ3n) is 3.52. The summed E-state index contributed by atoms with van der Waals surface area (Å²) in [6.07, 6.45) is 3.28. The van der Waals surface area contributed by atoms with Gasteiger partial charge in [-0.25, -0.2) is 0 Å². The van der Waals surface area contributed by atoms with E-state index in [9.17, 15) is 20.2 Å². The molecule has 0 atom stereocenters. The van der Waals surface area contributed by atoms with Crippen LogP contribution >= 0.6 is 11.3 Å².